The van der Waals surface area contributed by atoms with Gasteiger partial charge in [-0.25, -0.2) is 4.98 Å². The van der Waals surface area contributed by atoms with Gasteiger partial charge in [-0.3, -0.25) is 0 Å². The number of piperazine rings is 1. The van der Waals surface area contributed by atoms with Crippen molar-refractivity contribution in [2.75, 3.05) is 45.2 Å². The summed E-state index contributed by atoms with van der Waals surface area (Å²) >= 11 is 1.75. The highest BCUT2D eigenvalue weighted by atomic mass is 32.1. The molecule has 1 saturated heterocycles. The predicted molar refractivity (Wildman–Crippen MR) is 113 cm³/mol. The molecule has 0 amide bonds. The minimum atomic E-state index is 0.873. The lowest BCUT2D eigenvalue weighted by Crippen LogP contribution is -2.44. The minimum absolute atomic E-state index is 0.873. The van der Waals surface area contributed by atoms with Gasteiger partial charge in [0.15, 0.2) is 5.13 Å². The van der Waals surface area contributed by atoms with Gasteiger partial charge >= 0.3 is 0 Å². The Morgan fingerprint density at radius 3 is 2.41 bits per heavy atom. The lowest BCUT2D eigenvalue weighted by Gasteiger charge is -2.32. The predicted octanol–water partition coefficient (Wildman–Crippen LogP) is 3.98. The van der Waals surface area contributed by atoms with Crippen LogP contribution < -0.4 is 9.64 Å². The van der Waals surface area contributed by atoms with Gasteiger partial charge in [0.25, 0.3) is 0 Å². The molecule has 5 nitrogen and oxygen atoms in total. The fraction of sp³-hybridized carbons (Fsp3) is 0.381. The number of rotatable bonds is 4. The Morgan fingerprint density at radius 2 is 1.74 bits per heavy atom. The van der Waals surface area contributed by atoms with Gasteiger partial charge in [0.1, 0.15) is 5.75 Å². The number of thiazole rings is 1. The first-order valence-electron chi connectivity index (χ1n) is 9.29. The Morgan fingerprint density at radius 1 is 1.04 bits per heavy atom. The molecule has 2 aromatic heterocycles. The van der Waals surface area contributed by atoms with Crippen molar-refractivity contribution in [3.63, 3.8) is 0 Å². The number of aromatic nitrogens is 2. The summed E-state index contributed by atoms with van der Waals surface area (Å²) in [6.45, 7) is 8.61. The maximum Gasteiger partial charge on any atom is 0.185 e. The number of anilines is 1. The molecular weight excluding hydrogens is 356 g/mol. The van der Waals surface area contributed by atoms with Gasteiger partial charge in [-0.1, -0.05) is 0 Å². The molecule has 1 aromatic carbocycles. The summed E-state index contributed by atoms with van der Waals surface area (Å²) in [6.07, 6.45) is 0. The maximum absolute atomic E-state index is 5.28. The van der Waals surface area contributed by atoms with Crippen molar-refractivity contribution in [1.82, 2.24) is 14.5 Å². The number of likely N-dealkylation sites (N-methyl/N-ethyl adjacent to an activating group) is 1. The first-order valence-corrected chi connectivity index (χ1v) is 10.2. The molecule has 1 aliphatic rings. The van der Waals surface area contributed by atoms with E-state index in [1.807, 2.05) is 12.1 Å². The Bertz CT molecular complexity index is 920. The highest BCUT2D eigenvalue weighted by molar-refractivity contribution is 7.14. The standard InChI is InChI=1S/C21H26N4OS/c1-15-13-19(16(2)25(15)17-5-7-18(26-4)8-6-17)20-14-27-21(22-20)24-11-9-23(3)10-12-24/h5-8,13-14H,9-12H2,1-4H3. The Labute approximate surface area is 164 Å². The molecule has 142 valence electrons. The summed E-state index contributed by atoms with van der Waals surface area (Å²) in [6, 6.07) is 10.4. The highest BCUT2D eigenvalue weighted by Crippen LogP contribution is 2.33. The second kappa shape index (κ2) is 7.37. The quantitative estimate of drug-likeness (QED) is 0.683. The van der Waals surface area contributed by atoms with Gasteiger partial charge in [-0.05, 0) is 51.2 Å². The van der Waals surface area contributed by atoms with Crippen molar-refractivity contribution in [3.8, 4) is 22.7 Å². The number of hydrogen-bond acceptors (Lipinski definition) is 5. The SMILES string of the molecule is COc1ccc(-n2c(C)cc(-c3csc(N4CCN(C)CC4)n3)c2C)cc1. The molecule has 0 aliphatic carbocycles. The van der Waals surface area contributed by atoms with E-state index in [4.69, 9.17) is 9.72 Å². The van der Waals surface area contributed by atoms with E-state index in [1.54, 1.807) is 18.4 Å². The molecule has 6 heteroatoms. The zero-order valence-electron chi connectivity index (χ0n) is 16.4. The third-order valence-electron chi connectivity index (χ3n) is 5.30. The zero-order chi connectivity index (χ0) is 19.0. The molecule has 0 radical (unpaired) electrons. The van der Waals surface area contributed by atoms with Crippen molar-refractivity contribution in [2.45, 2.75) is 13.8 Å². The van der Waals surface area contributed by atoms with Crippen LogP contribution >= 0.6 is 11.3 Å². The van der Waals surface area contributed by atoms with E-state index >= 15 is 0 Å². The number of benzene rings is 1. The molecule has 3 heterocycles. The molecule has 1 fully saturated rings. The molecule has 0 saturated carbocycles. The third-order valence-corrected chi connectivity index (χ3v) is 6.20. The molecular formula is C21H26N4OS. The fourth-order valence-corrected chi connectivity index (χ4v) is 4.56. The van der Waals surface area contributed by atoms with E-state index in [1.165, 1.54) is 17.0 Å². The monoisotopic (exact) mass is 382 g/mol. The van der Waals surface area contributed by atoms with Crippen LogP contribution in [0.25, 0.3) is 16.9 Å². The minimum Gasteiger partial charge on any atom is -0.497 e. The van der Waals surface area contributed by atoms with E-state index in [9.17, 15) is 0 Å². The van der Waals surface area contributed by atoms with Gasteiger partial charge in [0.2, 0.25) is 0 Å². The van der Waals surface area contributed by atoms with Gasteiger partial charge in [0, 0.05) is 54.2 Å². The molecule has 4 rings (SSSR count). The average molecular weight is 383 g/mol. The molecule has 27 heavy (non-hydrogen) atoms. The van der Waals surface area contributed by atoms with Crippen LogP contribution in [0.1, 0.15) is 11.4 Å². The molecule has 0 spiro atoms. The topological polar surface area (TPSA) is 33.5 Å². The number of ether oxygens (including phenoxy) is 1. The van der Waals surface area contributed by atoms with Crippen LogP contribution in [-0.2, 0) is 0 Å². The number of methoxy groups -OCH3 is 1. The van der Waals surface area contributed by atoms with E-state index in [0.29, 0.717) is 0 Å². The van der Waals surface area contributed by atoms with Crippen LogP contribution in [-0.4, -0.2) is 54.8 Å². The molecule has 0 N–H and O–H groups in total. The first-order chi connectivity index (χ1) is 13.1. The van der Waals surface area contributed by atoms with Crippen LogP contribution in [0.5, 0.6) is 5.75 Å². The first kappa shape index (κ1) is 18.1. The second-order valence-electron chi connectivity index (χ2n) is 7.12. The number of aryl methyl sites for hydroxylation is 1. The van der Waals surface area contributed by atoms with Gasteiger partial charge < -0.3 is 19.1 Å². The third kappa shape index (κ3) is 3.47. The van der Waals surface area contributed by atoms with E-state index in [-0.39, 0.29) is 0 Å². The van der Waals surface area contributed by atoms with Gasteiger partial charge in [0.05, 0.1) is 12.8 Å². The lowest BCUT2D eigenvalue weighted by molar-refractivity contribution is 0.313. The van der Waals surface area contributed by atoms with E-state index in [0.717, 1.165) is 48.4 Å². The van der Waals surface area contributed by atoms with Crippen LogP contribution in [0, 0.1) is 13.8 Å². The lowest BCUT2D eigenvalue weighted by atomic mass is 10.2. The summed E-state index contributed by atoms with van der Waals surface area (Å²) in [7, 11) is 3.87. The van der Waals surface area contributed by atoms with Crippen molar-refractivity contribution < 1.29 is 4.74 Å². The van der Waals surface area contributed by atoms with Crippen molar-refractivity contribution >= 4 is 16.5 Å². The fourth-order valence-electron chi connectivity index (χ4n) is 3.68. The molecule has 3 aromatic rings. The number of hydrogen-bond donors (Lipinski definition) is 0. The van der Waals surface area contributed by atoms with E-state index < -0.39 is 0 Å². The summed E-state index contributed by atoms with van der Waals surface area (Å²) in [5.41, 5.74) is 5.85. The summed E-state index contributed by atoms with van der Waals surface area (Å²) in [4.78, 5) is 9.73. The van der Waals surface area contributed by atoms with Gasteiger partial charge in [-0.2, -0.15) is 0 Å². The van der Waals surface area contributed by atoms with Crippen molar-refractivity contribution in [1.29, 1.82) is 0 Å². The highest BCUT2D eigenvalue weighted by Gasteiger charge is 2.19. The summed E-state index contributed by atoms with van der Waals surface area (Å²) in [5.74, 6) is 0.873. The largest absolute Gasteiger partial charge is 0.497 e. The van der Waals surface area contributed by atoms with Crippen molar-refractivity contribution in [2.24, 2.45) is 0 Å². The molecule has 0 atom stereocenters. The normalized spacial score (nSPS) is 15.3. The summed E-state index contributed by atoms with van der Waals surface area (Å²) in [5, 5.41) is 3.32. The van der Waals surface area contributed by atoms with Crippen LogP contribution in [0.4, 0.5) is 5.13 Å². The van der Waals surface area contributed by atoms with Crippen LogP contribution in [0.2, 0.25) is 0 Å². The zero-order valence-corrected chi connectivity index (χ0v) is 17.2. The molecule has 0 bridgehead atoms. The van der Waals surface area contributed by atoms with E-state index in [2.05, 4.69) is 58.8 Å². The maximum atomic E-state index is 5.28. The van der Waals surface area contributed by atoms with Crippen LogP contribution in [0.15, 0.2) is 35.7 Å². The summed E-state index contributed by atoms with van der Waals surface area (Å²) < 4.78 is 7.56. The van der Waals surface area contributed by atoms with Gasteiger partial charge in [-0.15, -0.1) is 11.3 Å². The molecule has 0 unspecified atom stereocenters. The molecule has 1 aliphatic heterocycles. The van der Waals surface area contributed by atoms with Crippen molar-refractivity contribution in [3.05, 3.63) is 47.1 Å². The Hall–Kier alpha value is -2.31. The van der Waals surface area contributed by atoms with Crippen LogP contribution in [0.3, 0.4) is 0 Å². The Kier molecular flexibility index (Phi) is 4.93. The number of nitrogens with zero attached hydrogens (tertiary/aromatic N) is 4. The smallest absolute Gasteiger partial charge is 0.185 e. The second-order valence-corrected chi connectivity index (χ2v) is 7.96. The Balaban J connectivity index is 1.63. The average Bonchev–Trinajstić information content (AvgIpc) is 3.27.